The zero-order valence-electron chi connectivity index (χ0n) is 13.4. The molecule has 2 heterocycles. The fourth-order valence-corrected chi connectivity index (χ4v) is 3.55. The van der Waals surface area contributed by atoms with Crippen LogP contribution < -0.4 is 10.6 Å². The second kappa shape index (κ2) is 7.44. The predicted octanol–water partition coefficient (Wildman–Crippen LogP) is 2.49. The largest absolute Gasteiger partial charge is 0.324 e. The number of para-hydroxylation sites is 1. The summed E-state index contributed by atoms with van der Waals surface area (Å²) in [7, 11) is 0. The van der Waals surface area contributed by atoms with Crippen molar-refractivity contribution >= 4 is 24.0 Å². The number of hydrogen-bond acceptors (Lipinski definition) is 3. The highest BCUT2D eigenvalue weighted by Gasteiger charge is 2.29. The number of aryl methyl sites for hydroxylation is 2. The van der Waals surface area contributed by atoms with E-state index in [2.05, 4.69) is 15.5 Å². The van der Waals surface area contributed by atoms with Crippen LogP contribution in [0.1, 0.15) is 30.4 Å². The molecule has 2 atom stereocenters. The zero-order chi connectivity index (χ0) is 14.8. The minimum absolute atomic E-state index is 0. The number of anilines is 1. The van der Waals surface area contributed by atoms with Gasteiger partial charge in [-0.2, -0.15) is 0 Å². The normalized spacial score (nSPS) is 24.5. The molecule has 2 bridgehead atoms. The molecule has 1 aromatic rings. The van der Waals surface area contributed by atoms with Crippen molar-refractivity contribution in [3.8, 4) is 0 Å². The topological polar surface area (TPSA) is 44.4 Å². The first-order valence-corrected chi connectivity index (χ1v) is 7.96. The summed E-state index contributed by atoms with van der Waals surface area (Å²) in [5, 5.41) is 6.74. The van der Waals surface area contributed by atoms with Gasteiger partial charge in [-0.25, -0.2) is 0 Å². The molecule has 0 aromatic heterocycles. The van der Waals surface area contributed by atoms with Crippen LogP contribution in [0.3, 0.4) is 0 Å². The van der Waals surface area contributed by atoms with Gasteiger partial charge in [0.05, 0.1) is 6.54 Å². The fraction of sp³-hybridized carbons (Fsp3) is 0.588. The monoisotopic (exact) mass is 323 g/mol. The van der Waals surface area contributed by atoms with Crippen molar-refractivity contribution < 1.29 is 4.79 Å². The van der Waals surface area contributed by atoms with Crippen molar-refractivity contribution in [1.29, 1.82) is 0 Å². The summed E-state index contributed by atoms with van der Waals surface area (Å²) in [4.78, 5) is 14.6. The number of fused-ring (bicyclic) bond motifs is 2. The maximum Gasteiger partial charge on any atom is 0.238 e. The van der Waals surface area contributed by atoms with Crippen LogP contribution in [-0.4, -0.2) is 42.5 Å². The van der Waals surface area contributed by atoms with Crippen molar-refractivity contribution in [2.75, 3.05) is 25.0 Å². The Bertz CT molecular complexity index is 514. The summed E-state index contributed by atoms with van der Waals surface area (Å²) in [5.41, 5.74) is 3.22. The molecule has 3 rings (SSSR count). The molecule has 1 amide bonds. The highest BCUT2D eigenvalue weighted by molar-refractivity contribution is 5.93. The van der Waals surface area contributed by atoms with Gasteiger partial charge in [0.2, 0.25) is 5.91 Å². The third-order valence-corrected chi connectivity index (χ3v) is 4.72. The molecule has 0 aliphatic carbocycles. The van der Waals surface area contributed by atoms with Crippen molar-refractivity contribution in [2.45, 2.75) is 45.2 Å². The van der Waals surface area contributed by atoms with E-state index in [9.17, 15) is 4.79 Å². The van der Waals surface area contributed by atoms with Gasteiger partial charge in [0, 0.05) is 30.9 Å². The molecule has 2 unspecified atom stereocenters. The smallest absolute Gasteiger partial charge is 0.238 e. The molecule has 0 saturated carbocycles. The molecule has 2 aliphatic heterocycles. The molecule has 122 valence electrons. The molecular formula is C17H26ClN3O. The van der Waals surface area contributed by atoms with Crippen LogP contribution >= 0.6 is 12.4 Å². The van der Waals surface area contributed by atoms with E-state index in [-0.39, 0.29) is 18.3 Å². The van der Waals surface area contributed by atoms with Gasteiger partial charge in [-0.15, -0.1) is 12.4 Å². The van der Waals surface area contributed by atoms with Crippen LogP contribution in [0.15, 0.2) is 18.2 Å². The molecule has 4 nitrogen and oxygen atoms in total. The van der Waals surface area contributed by atoms with Crippen molar-refractivity contribution in [3.05, 3.63) is 29.3 Å². The lowest BCUT2D eigenvalue weighted by atomic mass is 10.1. The van der Waals surface area contributed by atoms with Gasteiger partial charge in [0.25, 0.3) is 0 Å². The Balaban J connectivity index is 0.00000176. The van der Waals surface area contributed by atoms with E-state index in [0.29, 0.717) is 18.6 Å². The molecule has 5 heteroatoms. The van der Waals surface area contributed by atoms with Gasteiger partial charge in [-0.1, -0.05) is 18.2 Å². The average molecular weight is 324 g/mol. The predicted molar refractivity (Wildman–Crippen MR) is 92.8 cm³/mol. The first-order chi connectivity index (χ1) is 10.1. The summed E-state index contributed by atoms with van der Waals surface area (Å²) in [5.74, 6) is 0.102. The average Bonchev–Trinajstić information content (AvgIpc) is 2.77. The van der Waals surface area contributed by atoms with Crippen LogP contribution in [0.2, 0.25) is 0 Å². The Morgan fingerprint density at radius 3 is 2.64 bits per heavy atom. The van der Waals surface area contributed by atoms with Crippen molar-refractivity contribution in [1.82, 2.24) is 10.2 Å². The SMILES string of the molecule is Cc1cccc(C)c1NC(=O)CN1CCC2CCC(C1)N2.Cl. The molecular weight excluding hydrogens is 298 g/mol. The lowest BCUT2D eigenvalue weighted by molar-refractivity contribution is -0.117. The summed E-state index contributed by atoms with van der Waals surface area (Å²) >= 11 is 0. The maximum absolute atomic E-state index is 12.3. The van der Waals surface area contributed by atoms with Crippen molar-refractivity contribution in [3.63, 3.8) is 0 Å². The van der Waals surface area contributed by atoms with Gasteiger partial charge >= 0.3 is 0 Å². The number of likely N-dealkylation sites (tertiary alicyclic amines) is 1. The first kappa shape index (κ1) is 17.3. The van der Waals surface area contributed by atoms with E-state index >= 15 is 0 Å². The summed E-state index contributed by atoms with van der Waals surface area (Å²) in [6.07, 6.45) is 3.71. The lowest BCUT2D eigenvalue weighted by Crippen LogP contribution is -2.39. The number of carbonyl (C=O) groups is 1. The molecule has 2 saturated heterocycles. The minimum Gasteiger partial charge on any atom is -0.324 e. The Kier molecular flexibility index (Phi) is 5.84. The van der Waals surface area contributed by atoms with Gasteiger partial charge in [-0.3, -0.25) is 9.69 Å². The molecule has 0 radical (unpaired) electrons. The molecule has 2 N–H and O–H groups in total. The zero-order valence-corrected chi connectivity index (χ0v) is 14.2. The van der Waals surface area contributed by atoms with E-state index in [1.165, 1.54) is 12.8 Å². The summed E-state index contributed by atoms with van der Waals surface area (Å²) in [6.45, 7) is 6.60. The number of hydrogen-bond donors (Lipinski definition) is 2. The number of halogens is 1. The second-order valence-corrected chi connectivity index (χ2v) is 6.48. The Morgan fingerprint density at radius 1 is 1.23 bits per heavy atom. The highest BCUT2D eigenvalue weighted by Crippen LogP contribution is 2.21. The third-order valence-electron chi connectivity index (χ3n) is 4.72. The van der Waals surface area contributed by atoms with E-state index < -0.39 is 0 Å². The Labute approximate surface area is 139 Å². The van der Waals surface area contributed by atoms with Crippen LogP contribution in [0.5, 0.6) is 0 Å². The molecule has 1 aromatic carbocycles. The van der Waals surface area contributed by atoms with Crippen molar-refractivity contribution in [2.24, 2.45) is 0 Å². The van der Waals surface area contributed by atoms with Gasteiger partial charge in [0.1, 0.15) is 0 Å². The van der Waals surface area contributed by atoms with Crippen LogP contribution in [0.25, 0.3) is 0 Å². The maximum atomic E-state index is 12.3. The molecule has 2 aliphatic rings. The standard InChI is InChI=1S/C17H25N3O.ClH/c1-12-4-3-5-13(2)17(12)19-16(21)11-20-9-8-14-6-7-15(10-20)18-14;/h3-5,14-15,18H,6-11H2,1-2H3,(H,19,21);1H. The molecule has 2 fully saturated rings. The van der Waals surface area contributed by atoms with Gasteiger partial charge < -0.3 is 10.6 Å². The number of nitrogens with one attached hydrogen (secondary N) is 2. The fourth-order valence-electron chi connectivity index (χ4n) is 3.55. The number of carbonyl (C=O) groups excluding carboxylic acids is 1. The molecule has 0 spiro atoms. The Hall–Kier alpha value is -1.10. The van der Waals surface area contributed by atoms with Gasteiger partial charge in [0.15, 0.2) is 0 Å². The quantitative estimate of drug-likeness (QED) is 0.898. The number of benzene rings is 1. The number of rotatable bonds is 3. The van der Waals surface area contributed by atoms with E-state index in [0.717, 1.165) is 36.3 Å². The van der Waals surface area contributed by atoms with E-state index in [1.54, 1.807) is 0 Å². The van der Waals surface area contributed by atoms with Gasteiger partial charge in [-0.05, 0) is 44.2 Å². The molecule has 22 heavy (non-hydrogen) atoms. The van der Waals surface area contributed by atoms with Crippen LogP contribution in [-0.2, 0) is 4.79 Å². The second-order valence-electron chi connectivity index (χ2n) is 6.48. The number of amides is 1. The lowest BCUT2D eigenvalue weighted by Gasteiger charge is -2.23. The Morgan fingerprint density at radius 2 is 1.91 bits per heavy atom. The first-order valence-electron chi connectivity index (χ1n) is 7.96. The minimum atomic E-state index is 0. The van der Waals surface area contributed by atoms with E-state index in [4.69, 9.17) is 0 Å². The number of nitrogens with zero attached hydrogens (tertiary/aromatic N) is 1. The third kappa shape index (κ3) is 4.00. The summed E-state index contributed by atoms with van der Waals surface area (Å²) < 4.78 is 0. The van der Waals surface area contributed by atoms with E-state index in [1.807, 2.05) is 32.0 Å². The van der Waals surface area contributed by atoms with Crippen LogP contribution in [0, 0.1) is 13.8 Å². The highest BCUT2D eigenvalue weighted by atomic mass is 35.5. The van der Waals surface area contributed by atoms with Crippen LogP contribution in [0.4, 0.5) is 5.69 Å². The summed E-state index contributed by atoms with van der Waals surface area (Å²) in [6, 6.07) is 7.35.